The molecule has 12 heteroatoms. The van der Waals surface area contributed by atoms with Gasteiger partial charge in [0.05, 0.1) is 28.4 Å². The van der Waals surface area contributed by atoms with Crippen molar-refractivity contribution in [1.29, 1.82) is 5.26 Å². The third-order valence-electron chi connectivity index (χ3n) is 5.26. The summed E-state index contributed by atoms with van der Waals surface area (Å²) in [4.78, 5) is 45.5. The summed E-state index contributed by atoms with van der Waals surface area (Å²) in [6.45, 7) is 0.274. The van der Waals surface area contributed by atoms with E-state index >= 15 is 0 Å². The molecule has 0 saturated carbocycles. The molecule has 0 bridgehead atoms. The monoisotopic (exact) mass is 503 g/mol. The van der Waals surface area contributed by atoms with Gasteiger partial charge in [-0.1, -0.05) is 6.07 Å². The van der Waals surface area contributed by atoms with Crippen molar-refractivity contribution in [3.63, 3.8) is 0 Å². The standard InChI is InChI=1S/C16H14N6O3.C8H4ClNO/c1-22-10-4-8(2-3-11(10)25-16(22)24)5-19-15(23)14-13-12(20-7-21-14)9(17)6-18-13;9-8(11)7-3-1-6(5-10)2-4-7/h2-4,6-7,18H,5,17H2,1H3,(H,19,23);1-4H. The van der Waals surface area contributed by atoms with Crippen LogP contribution in [0.2, 0.25) is 0 Å². The van der Waals surface area contributed by atoms with E-state index in [2.05, 4.69) is 20.3 Å². The molecule has 4 N–H and O–H groups in total. The summed E-state index contributed by atoms with van der Waals surface area (Å²) >= 11 is 5.18. The van der Waals surface area contributed by atoms with Gasteiger partial charge in [-0.25, -0.2) is 14.8 Å². The van der Waals surface area contributed by atoms with Crippen LogP contribution in [-0.4, -0.2) is 30.7 Å². The lowest BCUT2D eigenvalue weighted by Gasteiger charge is -2.06. The zero-order valence-corrected chi connectivity index (χ0v) is 19.5. The Hall–Kier alpha value is -4.95. The van der Waals surface area contributed by atoms with Gasteiger partial charge in [0.25, 0.3) is 11.1 Å². The average Bonchev–Trinajstić information content (AvgIpc) is 3.41. The number of nitrogens with two attached hydrogens (primary N) is 1. The number of fused-ring (bicyclic) bond motifs is 2. The van der Waals surface area contributed by atoms with Crippen LogP contribution < -0.4 is 16.8 Å². The van der Waals surface area contributed by atoms with Gasteiger partial charge in [0.2, 0.25) is 0 Å². The molecule has 0 spiro atoms. The van der Waals surface area contributed by atoms with E-state index in [0.29, 0.717) is 38.9 Å². The largest absolute Gasteiger partial charge is 0.419 e. The Kier molecular flexibility index (Phi) is 6.80. The molecular formula is C24H18ClN7O4. The van der Waals surface area contributed by atoms with Crippen molar-refractivity contribution < 1.29 is 14.0 Å². The Morgan fingerprint density at radius 2 is 1.97 bits per heavy atom. The number of aromatic nitrogens is 4. The number of rotatable bonds is 4. The molecule has 0 fully saturated rings. The summed E-state index contributed by atoms with van der Waals surface area (Å²) in [5.74, 6) is -0.778. The number of nitrogen functional groups attached to an aromatic ring is 1. The summed E-state index contributed by atoms with van der Waals surface area (Å²) in [7, 11) is 1.63. The van der Waals surface area contributed by atoms with Crippen molar-refractivity contribution in [3.8, 4) is 6.07 Å². The predicted octanol–water partition coefficient (Wildman–Crippen LogP) is 2.85. The number of carbonyl (C=O) groups excluding carboxylic acids is 2. The molecule has 0 aliphatic carbocycles. The molecule has 0 aliphatic heterocycles. The molecule has 0 atom stereocenters. The van der Waals surface area contributed by atoms with Gasteiger partial charge in [0.1, 0.15) is 11.8 Å². The van der Waals surface area contributed by atoms with E-state index in [9.17, 15) is 14.4 Å². The number of carbonyl (C=O) groups is 2. The highest BCUT2D eigenvalue weighted by Gasteiger charge is 2.15. The van der Waals surface area contributed by atoms with Crippen molar-refractivity contribution in [2.24, 2.45) is 7.05 Å². The Bertz CT molecular complexity index is 1690. The molecule has 0 unspecified atom stereocenters. The lowest BCUT2D eigenvalue weighted by molar-refractivity contribution is 0.0947. The van der Waals surface area contributed by atoms with Gasteiger partial charge in [-0.15, -0.1) is 0 Å². The molecule has 11 nitrogen and oxygen atoms in total. The zero-order chi connectivity index (χ0) is 25.8. The highest BCUT2D eigenvalue weighted by atomic mass is 35.5. The van der Waals surface area contributed by atoms with Crippen LogP contribution in [0.5, 0.6) is 0 Å². The van der Waals surface area contributed by atoms with Crippen LogP contribution in [-0.2, 0) is 13.6 Å². The molecule has 5 rings (SSSR count). The Labute approximate surface area is 208 Å². The summed E-state index contributed by atoms with van der Waals surface area (Å²) < 4.78 is 6.50. The van der Waals surface area contributed by atoms with Crippen LogP contribution in [0.1, 0.15) is 32.0 Å². The molecule has 2 aromatic carbocycles. The molecule has 5 aromatic rings. The Morgan fingerprint density at radius 3 is 2.67 bits per heavy atom. The van der Waals surface area contributed by atoms with E-state index in [1.165, 1.54) is 23.0 Å². The first-order valence-corrected chi connectivity index (χ1v) is 10.8. The van der Waals surface area contributed by atoms with E-state index < -0.39 is 11.0 Å². The number of nitriles is 1. The summed E-state index contributed by atoms with van der Waals surface area (Å²) in [5.41, 5.74) is 10.4. The molecule has 180 valence electrons. The van der Waals surface area contributed by atoms with Gasteiger partial charge in [0, 0.05) is 25.4 Å². The fourth-order valence-corrected chi connectivity index (χ4v) is 3.48. The lowest BCUT2D eigenvalue weighted by Crippen LogP contribution is -2.24. The molecule has 0 aliphatic rings. The number of nitrogens with zero attached hydrogens (tertiary/aromatic N) is 4. The number of aryl methyl sites for hydroxylation is 1. The second kappa shape index (κ2) is 10.1. The van der Waals surface area contributed by atoms with Crippen LogP contribution in [0.4, 0.5) is 5.69 Å². The number of hydrogen-bond acceptors (Lipinski definition) is 8. The number of amides is 1. The number of H-pyrrole nitrogens is 1. The zero-order valence-electron chi connectivity index (χ0n) is 18.8. The van der Waals surface area contributed by atoms with Crippen molar-refractivity contribution in [2.75, 3.05) is 5.73 Å². The minimum atomic E-state index is -0.505. The number of anilines is 1. The molecule has 3 heterocycles. The third-order valence-corrected chi connectivity index (χ3v) is 5.48. The second-order valence-electron chi connectivity index (χ2n) is 7.56. The molecule has 1 amide bonds. The predicted molar refractivity (Wildman–Crippen MR) is 132 cm³/mol. The number of oxazole rings is 1. The number of nitrogens with one attached hydrogen (secondary N) is 2. The molecule has 0 saturated heterocycles. The second-order valence-corrected chi connectivity index (χ2v) is 7.91. The number of halogens is 1. The molecule has 0 radical (unpaired) electrons. The third kappa shape index (κ3) is 4.94. The first-order chi connectivity index (χ1) is 17.3. The first kappa shape index (κ1) is 24.2. The van der Waals surface area contributed by atoms with Crippen LogP contribution in [0.25, 0.3) is 22.1 Å². The van der Waals surface area contributed by atoms with Crippen molar-refractivity contribution in [1.82, 2.24) is 24.8 Å². The lowest BCUT2D eigenvalue weighted by atomic mass is 10.2. The van der Waals surface area contributed by atoms with E-state index in [-0.39, 0.29) is 18.1 Å². The van der Waals surface area contributed by atoms with E-state index in [0.717, 1.165) is 5.56 Å². The van der Waals surface area contributed by atoms with E-state index in [1.807, 2.05) is 6.07 Å². The number of benzene rings is 2. The highest BCUT2D eigenvalue weighted by Crippen LogP contribution is 2.19. The van der Waals surface area contributed by atoms with Gasteiger partial charge < -0.3 is 20.5 Å². The molecule has 36 heavy (non-hydrogen) atoms. The van der Waals surface area contributed by atoms with Gasteiger partial charge in [-0.2, -0.15) is 5.26 Å². The van der Waals surface area contributed by atoms with Crippen LogP contribution in [0, 0.1) is 11.3 Å². The maximum absolute atomic E-state index is 12.4. The smallest absolute Gasteiger partial charge is 0.408 e. The van der Waals surface area contributed by atoms with Gasteiger partial charge >= 0.3 is 5.76 Å². The minimum absolute atomic E-state index is 0.221. The van der Waals surface area contributed by atoms with E-state index in [1.54, 1.807) is 43.6 Å². The van der Waals surface area contributed by atoms with E-state index in [4.69, 9.17) is 27.0 Å². The normalized spacial score (nSPS) is 10.5. The van der Waals surface area contributed by atoms with Crippen molar-refractivity contribution in [3.05, 3.63) is 87.9 Å². The molecule has 3 aromatic heterocycles. The Balaban J connectivity index is 0.000000233. The summed E-state index contributed by atoms with van der Waals surface area (Å²) in [6, 6.07) is 13.4. The summed E-state index contributed by atoms with van der Waals surface area (Å²) in [6.07, 6.45) is 2.87. The van der Waals surface area contributed by atoms with Gasteiger partial charge in [-0.3, -0.25) is 14.2 Å². The Morgan fingerprint density at radius 1 is 1.22 bits per heavy atom. The topological polar surface area (TPSA) is 173 Å². The van der Waals surface area contributed by atoms with Crippen LogP contribution in [0.15, 0.2) is 64.2 Å². The number of aromatic amines is 1. The first-order valence-electron chi connectivity index (χ1n) is 10.4. The molecular weight excluding hydrogens is 486 g/mol. The SMILES string of the molecule is Cn1c(=O)oc2ccc(CNC(=O)c3ncnc4c(N)c[nH]c34)cc21.N#Cc1ccc(C(=O)Cl)cc1. The maximum atomic E-state index is 12.4. The summed E-state index contributed by atoms with van der Waals surface area (Å²) in [5, 5.41) is 10.7. The fraction of sp³-hybridized carbons (Fsp3) is 0.0833. The quantitative estimate of drug-likeness (QED) is 0.314. The van der Waals surface area contributed by atoms with Gasteiger partial charge in [0.15, 0.2) is 11.3 Å². The maximum Gasteiger partial charge on any atom is 0.419 e. The fourth-order valence-electron chi connectivity index (χ4n) is 3.36. The highest BCUT2D eigenvalue weighted by molar-refractivity contribution is 6.67. The van der Waals surface area contributed by atoms with Gasteiger partial charge in [-0.05, 0) is 53.6 Å². The minimum Gasteiger partial charge on any atom is -0.408 e. The number of hydrogen-bond donors (Lipinski definition) is 3. The van der Waals surface area contributed by atoms with Crippen molar-refractivity contribution in [2.45, 2.75) is 6.54 Å². The average molecular weight is 504 g/mol. The van der Waals surface area contributed by atoms with Crippen LogP contribution in [0.3, 0.4) is 0 Å². The van der Waals surface area contributed by atoms with Crippen molar-refractivity contribution >= 4 is 50.6 Å². The van der Waals surface area contributed by atoms with Crippen LogP contribution >= 0.6 is 11.6 Å².